The number of hydrogen-bond acceptors (Lipinski definition) is 6. The summed E-state index contributed by atoms with van der Waals surface area (Å²) in [5.74, 6) is -1.24. The molecule has 0 radical (unpaired) electrons. The van der Waals surface area contributed by atoms with Gasteiger partial charge in [-0.15, -0.1) is 11.3 Å². The van der Waals surface area contributed by atoms with Crippen LogP contribution in [-0.2, 0) is 25.5 Å². The first-order chi connectivity index (χ1) is 14.9. The first-order valence-corrected chi connectivity index (χ1v) is 11.0. The summed E-state index contributed by atoms with van der Waals surface area (Å²) >= 11 is 1.32. The normalized spacial score (nSPS) is 11.0. The van der Waals surface area contributed by atoms with Gasteiger partial charge in [0.05, 0.1) is 12.2 Å². The van der Waals surface area contributed by atoms with Crippen molar-refractivity contribution in [2.24, 2.45) is 0 Å². The molecule has 0 aliphatic carbocycles. The Balaban J connectivity index is 1.53. The molecular formula is C23H26N2O5S. The van der Waals surface area contributed by atoms with Crippen molar-refractivity contribution in [2.45, 2.75) is 39.5 Å². The van der Waals surface area contributed by atoms with Gasteiger partial charge in [-0.05, 0) is 37.0 Å². The Kier molecular flexibility index (Phi) is 7.46. The van der Waals surface area contributed by atoms with E-state index in [-0.39, 0.29) is 18.9 Å². The highest BCUT2D eigenvalue weighted by molar-refractivity contribution is 7.16. The van der Waals surface area contributed by atoms with Crippen LogP contribution in [0.5, 0.6) is 0 Å². The minimum Gasteiger partial charge on any atom is -0.462 e. The number of nitrogens with one attached hydrogen (secondary N) is 2. The van der Waals surface area contributed by atoms with Crippen molar-refractivity contribution < 1.29 is 23.9 Å². The molecule has 0 spiro atoms. The Bertz CT molecular complexity index is 1080. The maximum absolute atomic E-state index is 12.3. The lowest BCUT2D eigenvalue weighted by Crippen LogP contribution is -2.21. The van der Waals surface area contributed by atoms with E-state index in [1.165, 1.54) is 11.3 Å². The van der Waals surface area contributed by atoms with Crippen molar-refractivity contribution >= 4 is 45.1 Å². The number of anilines is 1. The average molecular weight is 443 g/mol. The molecule has 3 rings (SSSR count). The number of carbonyl (C=O) groups is 3. The third-order valence-corrected chi connectivity index (χ3v) is 6.06. The fourth-order valence-electron chi connectivity index (χ4n) is 3.10. The largest absolute Gasteiger partial charge is 0.462 e. The number of para-hydroxylation sites is 1. The van der Waals surface area contributed by atoms with E-state index < -0.39 is 24.5 Å². The van der Waals surface area contributed by atoms with Gasteiger partial charge in [0.2, 0.25) is 0 Å². The lowest BCUT2D eigenvalue weighted by atomic mass is 10.1. The lowest BCUT2D eigenvalue weighted by Gasteiger charge is -2.07. The molecule has 0 saturated heterocycles. The standard InChI is InChI=1S/C23H26N2O5S/c1-4-29-23(28)17-11-19(14(2)3)31-22(17)25-20(26)13-30-21(27)10-9-15-12-24-18-8-6-5-7-16(15)18/h5-8,11-12,14,24H,4,9-10,13H2,1-3H3,(H,25,26). The molecule has 0 aliphatic heterocycles. The summed E-state index contributed by atoms with van der Waals surface area (Å²) in [7, 11) is 0. The number of amides is 1. The summed E-state index contributed by atoms with van der Waals surface area (Å²) in [4.78, 5) is 40.7. The van der Waals surface area contributed by atoms with E-state index in [1.54, 1.807) is 13.0 Å². The number of hydrogen-bond donors (Lipinski definition) is 2. The molecule has 1 amide bonds. The van der Waals surface area contributed by atoms with Crippen LogP contribution in [-0.4, -0.2) is 36.0 Å². The molecule has 31 heavy (non-hydrogen) atoms. The van der Waals surface area contributed by atoms with Gasteiger partial charge in [-0.2, -0.15) is 0 Å². The average Bonchev–Trinajstić information content (AvgIpc) is 3.35. The molecule has 0 unspecified atom stereocenters. The predicted octanol–water partition coefficient (Wildman–Crippen LogP) is 4.64. The summed E-state index contributed by atoms with van der Waals surface area (Å²) in [6, 6.07) is 9.59. The topological polar surface area (TPSA) is 97.5 Å². The van der Waals surface area contributed by atoms with Crippen molar-refractivity contribution in [3.8, 4) is 0 Å². The molecule has 0 fully saturated rings. The number of rotatable bonds is 9. The number of esters is 2. The molecule has 7 nitrogen and oxygen atoms in total. The van der Waals surface area contributed by atoms with Crippen molar-refractivity contribution in [1.82, 2.24) is 4.98 Å². The van der Waals surface area contributed by atoms with Gasteiger partial charge in [0.15, 0.2) is 6.61 Å². The van der Waals surface area contributed by atoms with Crippen molar-refractivity contribution in [3.63, 3.8) is 0 Å². The number of carbonyl (C=O) groups excluding carboxylic acids is 3. The van der Waals surface area contributed by atoms with Crippen LogP contribution in [0.1, 0.15) is 53.9 Å². The number of benzene rings is 1. The lowest BCUT2D eigenvalue weighted by molar-refractivity contribution is -0.147. The number of aromatic nitrogens is 1. The molecule has 2 N–H and O–H groups in total. The molecule has 0 atom stereocenters. The van der Waals surface area contributed by atoms with Crippen LogP contribution in [0.2, 0.25) is 0 Å². The van der Waals surface area contributed by atoms with Crippen LogP contribution in [0.15, 0.2) is 36.5 Å². The summed E-state index contributed by atoms with van der Waals surface area (Å²) in [5.41, 5.74) is 2.35. The second-order valence-electron chi connectivity index (χ2n) is 7.34. The van der Waals surface area contributed by atoms with Gasteiger partial charge in [0, 0.05) is 28.4 Å². The highest BCUT2D eigenvalue weighted by atomic mass is 32.1. The molecule has 164 valence electrons. The summed E-state index contributed by atoms with van der Waals surface area (Å²) in [5, 5.41) is 4.14. The molecule has 2 aromatic heterocycles. The quantitative estimate of drug-likeness (QED) is 0.470. The van der Waals surface area contributed by atoms with Crippen LogP contribution >= 0.6 is 11.3 Å². The van der Waals surface area contributed by atoms with Gasteiger partial charge in [0.25, 0.3) is 5.91 Å². The number of H-pyrrole nitrogens is 1. The number of fused-ring (bicyclic) bond motifs is 1. The fraction of sp³-hybridized carbons (Fsp3) is 0.348. The third-order valence-electron chi connectivity index (χ3n) is 4.71. The fourth-order valence-corrected chi connectivity index (χ4v) is 4.17. The second-order valence-corrected chi connectivity index (χ2v) is 8.42. The van der Waals surface area contributed by atoms with Crippen LogP contribution in [0.25, 0.3) is 10.9 Å². The van der Waals surface area contributed by atoms with Gasteiger partial charge in [-0.25, -0.2) is 4.79 Å². The van der Waals surface area contributed by atoms with E-state index in [2.05, 4.69) is 10.3 Å². The Morgan fingerprint density at radius 3 is 2.68 bits per heavy atom. The Labute approximate surface area is 184 Å². The number of thiophene rings is 1. The van der Waals surface area contributed by atoms with Gasteiger partial charge in [0.1, 0.15) is 5.00 Å². The van der Waals surface area contributed by atoms with E-state index in [0.29, 0.717) is 17.0 Å². The molecule has 8 heteroatoms. The maximum atomic E-state index is 12.3. The van der Waals surface area contributed by atoms with Gasteiger partial charge in [-0.3, -0.25) is 9.59 Å². The van der Waals surface area contributed by atoms with Crippen LogP contribution in [0.4, 0.5) is 5.00 Å². The molecule has 0 saturated carbocycles. The molecule has 0 aliphatic rings. The van der Waals surface area contributed by atoms with Crippen LogP contribution < -0.4 is 5.32 Å². The predicted molar refractivity (Wildman–Crippen MR) is 121 cm³/mol. The third kappa shape index (κ3) is 5.73. The van der Waals surface area contributed by atoms with Gasteiger partial charge >= 0.3 is 11.9 Å². The van der Waals surface area contributed by atoms with E-state index in [0.717, 1.165) is 21.3 Å². The van der Waals surface area contributed by atoms with Crippen LogP contribution in [0, 0.1) is 0 Å². The number of aryl methyl sites for hydroxylation is 1. The van der Waals surface area contributed by atoms with Crippen molar-refractivity contribution in [3.05, 3.63) is 52.5 Å². The van der Waals surface area contributed by atoms with Gasteiger partial charge < -0.3 is 19.8 Å². The van der Waals surface area contributed by atoms with E-state index >= 15 is 0 Å². The molecule has 0 bridgehead atoms. The number of ether oxygens (including phenoxy) is 2. The SMILES string of the molecule is CCOC(=O)c1cc(C(C)C)sc1NC(=O)COC(=O)CCc1c[nH]c2ccccc12. The summed E-state index contributed by atoms with van der Waals surface area (Å²) < 4.78 is 10.2. The summed E-state index contributed by atoms with van der Waals surface area (Å²) in [6.07, 6.45) is 2.56. The molecule has 3 aromatic rings. The molecule has 1 aromatic carbocycles. The minimum absolute atomic E-state index is 0.166. The Hall–Kier alpha value is -3.13. The zero-order valence-electron chi connectivity index (χ0n) is 17.8. The molecular weight excluding hydrogens is 416 g/mol. The second kappa shape index (κ2) is 10.3. The van der Waals surface area contributed by atoms with E-state index in [9.17, 15) is 14.4 Å². The minimum atomic E-state index is -0.497. The van der Waals surface area contributed by atoms with E-state index in [1.807, 2.05) is 44.3 Å². The highest BCUT2D eigenvalue weighted by Gasteiger charge is 2.20. The smallest absolute Gasteiger partial charge is 0.341 e. The highest BCUT2D eigenvalue weighted by Crippen LogP contribution is 2.33. The van der Waals surface area contributed by atoms with Gasteiger partial charge in [-0.1, -0.05) is 32.0 Å². The molecule has 2 heterocycles. The monoisotopic (exact) mass is 442 g/mol. The maximum Gasteiger partial charge on any atom is 0.341 e. The first-order valence-electron chi connectivity index (χ1n) is 10.2. The zero-order valence-corrected chi connectivity index (χ0v) is 18.6. The van der Waals surface area contributed by atoms with E-state index in [4.69, 9.17) is 9.47 Å². The Morgan fingerprint density at radius 2 is 1.94 bits per heavy atom. The number of aromatic amines is 1. The Morgan fingerprint density at radius 1 is 1.16 bits per heavy atom. The first kappa shape index (κ1) is 22.6. The zero-order chi connectivity index (χ0) is 22.4. The van der Waals surface area contributed by atoms with Crippen molar-refractivity contribution in [1.29, 1.82) is 0 Å². The van der Waals surface area contributed by atoms with Crippen molar-refractivity contribution in [2.75, 3.05) is 18.5 Å². The summed E-state index contributed by atoms with van der Waals surface area (Å²) in [6.45, 7) is 5.56. The van der Waals surface area contributed by atoms with Crippen LogP contribution in [0.3, 0.4) is 0 Å².